The first-order chi connectivity index (χ1) is 9.16. The summed E-state index contributed by atoms with van der Waals surface area (Å²) in [5, 5.41) is 0. The minimum absolute atomic E-state index is 0.311. The Labute approximate surface area is 109 Å². The van der Waals surface area contributed by atoms with Crippen molar-refractivity contribution < 1.29 is 4.79 Å². The average molecular weight is 252 g/mol. The first kappa shape index (κ1) is 11.4. The summed E-state index contributed by atoms with van der Waals surface area (Å²) < 4.78 is 1.93. The van der Waals surface area contributed by atoms with Gasteiger partial charge < -0.3 is 5.73 Å². The molecule has 0 fully saturated rings. The minimum atomic E-state index is -0.509. The van der Waals surface area contributed by atoms with Crippen molar-refractivity contribution in [2.75, 3.05) is 0 Å². The van der Waals surface area contributed by atoms with Crippen molar-refractivity contribution in [1.29, 1.82) is 0 Å². The average Bonchev–Trinajstić information content (AvgIpc) is 2.81. The summed E-state index contributed by atoms with van der Waals surface area (Å²) in [7, 11) is 0. The molecule has 0 atom stereocenters. The molecule has 3 rings (SSSR count). The van der Waals surface area contributed by atoms with E-state index in [9.17, 15) is 4.79 Å². The molecule has 0 saturated heterocycles. The lowest BCUT2D eigenvalue weighted by molar-refractivity contribution is 0.0995. The van der Waals surface area contributed by atoms with Gasteiger partial charge in [0.2, 0.25) is 0 Å². The Morgan fingerprint density at radius 2 is 2.16 bits per heavy atom. The maximum absolute atomic E-state index is 11.3. The largest absolute Gasteiger partial charge is 0.364 e. The van der Waals surface area contributed by atoms with E-state index in [0.29, 0.717) is 5.69 Å². The first-order valence-electron chi connectivity index (χ1n) is 5.87. The van der Waals surface area contributed by atoms with E-state index in [2.05, 4.69) is 9.97 Å². The van der Waals surface area contributed by atoms with Gasteiger partial charge >= 0.3 is 0 Å². The number of pyridine rings is 2. The van der Waals surface area contributed by atoms with Crippen molar-refractivity contribution in [2.24, 2.45) is 5.73 Å². The third kappa shape index (κ3) is 1.85. The molecule has 0 bridgehead atoms. The van der Waals surface area contributed by atoms with Gasteiger partial charge in [0.1, 0.15) is 11.5 Å². The van der Waals surface area contributed by atoms with E-state index in [-0.39, 0.29) is 0 Å². The van der Waals surface area contributed by atoms with Gasteiger partial charge in [0, 0.05) is 12.4 Å². The number of nitrogens with zero attached hydrogens (tertiary/aromatic N) is 3. The summed E-state index contributed by atoms with van der Waals surface area (Å²) >= 11 is 0. The first-order valence-corrected chi connectivity index (χ1v) is 5.87. The summed E-state index contributed by atoms with van der Waals surface area (Å²) in [5.41, 5.74) is 8.01. The summed E-state index contributed by atoms with van der Waals surface area (Å²) in [5.74, 6) is 0.301. The smallest absolute Gasteiger partial charge is 0.267 e. The zero-order valence-corrected chi connectivity index (χ0v) is 10.4. The number of hydrogen-bond acceptors (Lipinski definition) is 3. The van der Waals surface area contributed by atoms with E-state index < -0.39 is 5.91 Å². The van der Waals surface area contributed by atoms with Crippen LogP contribution < -0.4 is 5.73 Å². The van der Waals surface area contributed by atoms with Gasteiger partial charge in [0.25, 0.3) is 5.91 Å². The van der Waals surface area contributed by atoms with E-state index in [4.69, 9.17) is 5.73 Å². The second-order valence-corrected chi connectivity index (χ2v) is 4.30. The molecule has 19 heavy (non-hydrogen) atoms. The molecule has 0 aliphatic heterocycles. The highest BCUT2D eigenvalue weighted by Gasteiger charge is 2.12. The molecule has 0 unspecified atom stereocenters. The van der Waals surface area contributed by atoms with E-state index in [1.807, 2.05) is 48.0 Å². The second-order valence-electron chi connectivity index (χ2n) is 4.30. The van der Waals surface area contributed by atoms with Gasteiger partial charge in [-0.25, -0.2) is 9.97 Å². The molecule has 0 aliphatic rings. The van der Waals surface area contributed by atoms with Crippen LogP contribution in [0.15, 0.2) is 42.7 Å². The third-order valence-corrected chi connectivity index (χ3v) is 2.99. The Morgan fingerprint density at radius 3 is 2.84 bits per heavy atom. The Hall–Kier alpha value is -2.69. The van der Waals surface area contributed by atoms with Gasteiger partial charge in [-0.05, 0) is 36.8 Å². The predicted molar refractivity (Wildman–Crippen MR) is 72.1 cm³/mol. The van der Waals surface area contributed by atoms with Crippen LogP contribution in [-0.2, 0) is 0 Å². The Balaban J connectivity index is 2.25. The van der Waals surface area contributed by atoms with Crippen LogP contribution >= 0.6 is 0 Å². The van der Waals surface area contributed by atoms with Gasteiger partial charge in [-0.15, -0.1) is 0 Å². The summed E-state index contributed by atoms with van der Waals surface area (Å²) in [6.45, 7) is 1.82. The van der Waals surface area contributed by atoms with Crippen molar-refractivity contribution in [3.05, 3.63) is 54.0 Å². The molecule has 0 aliphatic carbocycles. The van der Waals surface area contributed by atoms with E-state index in [1.54, 1.807) is 6.20 Å². The molecule has 0 aromatic carbocycles. The normalized spacial score (nSPS) is 10.8. The van der Waals surface area contributed by atoms with Gasteiger partial charge in [-0.1, -0.05) is 6.07 Å². The number of fused-ring (bicyclic) bond motifs is 1. The second kappa shape index (κ2) is 4.20. The molecule has 2 N–H and O–H groups in total. The third-order valence-electron chi connectivity index (χ3n) is 2.99. The highest BCUT2D eigenvalue weighted by Crippen LogP contribution is 2.20. The van der Waals surface area contributed by atoms with E-state index in [1.165, 1.54) is 0 Å². The number of amides is 1. The number of carbonyl (C=O) groups excluding carboxylic acids is 1. The van der Waals surface area contributed by atoms with Gasteiger partial charge in [0.15, 0.2) is 0 Å². The molecule has 0 radical (unpaired) electrons. The van der Waals surface area contributed by atoms with Crippen LogP contribution in [0.3, 0.4) is 0 Å². The number of aryl methyl sites for hydroxylation is 1. The number of hydrogen-bond donors (Lipinski definition) is 1. The molecule has 94 valence electrons. The van der Waals surface area contributed by atoms with Crippen molar-refractivity contribution in [3.8, 4) is 5.82 Å². The fourth-order valence-electron chi connectivity index (χ4n) is 2.10. The molecule has 3 aromatic heterocycles. The van der Waals surface area contributed by atoms with Crippen LogP contribution in [0.4, 0.5) is 0 Å². The molecule has 0 saturated carbocycles. The van der Waals surface area contributed by atoms with Crippen molar-refractivity contribution >= 4 is 16.9 Å². The van der Waals surface area contributed by atoms with Crippen molar-refractivity contribution in [2.45, 2.75) is 6.92 Å². The highest BCUT2D eigenvalue weighted by atomic mass is 16.1. The number of carbonyl (C=O) groups is 1. The van der Waals surface area contributed by atoms with Crippen LogP contribution in [0, 0.1) is 6.92 Å². The number of rotatable bonds is 2. The molecular weight excluding hydrogens is 240 g/mol. The van der Waals surface area contributed by atoms with Crippen LogP contribution in [0.25, 0.3) is 16.9 Å². The number of primary amides is 1. The maximum atomic E-state index is 11.3. The molecule has 3 heterocycles. The monoisotopic (exact) mass is 252 g/mol. The molecule has 0 spiro atoms. The maximum Gasteiger partial charge on any atom is 0.267 e. The zero-order valence-electron chi connectivity index (χ0n) is 10.4. The fraction of sp³-hybridized carbons (Fsp3) is 0.0714. The van der Waals surface area contributed by atoms with Crippen LogP contribution in [0.5, 0.6) is 0 Å². The standard InChI is InChI=1S/C14H12N4O/c1-9-8-11-10(17-13(9)14(15)19)5-7-18(11)12-4-2-3-6-16-12/h2-8H,1H3,(H2,15,19). The lowest BCUT2D eigenvalue weighted by Crippen LogP contribution is -2.14. The van der Waals surface area contributed by atoms with Gasteiger partial charge in [-0.2, -0.15) is 0 Å². The van der Waals surface area contributed by atoms with Gasteiger partial charge in [-0.3, -0.25) is 9.36 Å². The number of aromatic nitrogens is 3. The highest BCUT2D eigenvalue weighted by molar-refractivity contribution is 5.95. The Bertz CT molecular complexity index is 762. The van der Waals surface area contributed by atoms with Crippen molar-refractivity contribution in [3.63, 3.8) is 0 Å². The van der Waals surface area contributed by atoms with Crippen LogP contribution in [0.2, 0.25) is 0 Å². The summed E-state index contributed by atoms with van der Waals surface area (Å²) in [6.07, 6.45) is 3.61. The molecule has 1 amide bonds. The van der Waals surface area contributed by atoms with Gasteiger partial charge in [0.05, 0.1) is 11.0 Å². The predicted octanol–water partition coefficient (Wildman–Crippen LogP) is 1.83. The Kier molecular flexibility index (Phi) is 2.52. The fourth-order valence-corrected chi connectivity index (χ4v) is 2.10. The lowest BCUT2D eigenvalue weighted by Gasteiger charge is -2.06. The topological polar surface area (TPSA) is 73.8 Å². The van der Waals surface area contributed by atoms with Crippen molar-refractivity contribution in [1.82, 2.24) is 14.5 Å². The van der Waals surface area contributed by atoms with Crippen LogP contribution in [-0.4, -0.2) is 20.4 Å². The quantitative estimate of drug-likeness (QED) is 0.756. The summed E-state index contributed by atoms with van der Waals surface area (Å²) in [4.78, 5) is 19.9. The molecular formula is C14H12N4O. The lowest BCUT2D eigenvalue weighted by atomic mass is 10.2. The zero-order chi connectivity index (χ0) is 13.4. The van der Waals surface area contributed by atoms with E-state index in [0.717, 1.165) is 22.4 Å². The number of nitrogens with two attached hydrogens (primary N) is 1. The molecule has 5 nitrogen and oxygen atoms in total. The minimum Gasteiger partial charge on any atom is -0.364 e. The van der Waals surface area contributed by atoms with Crippen LogP contribution in [0.1, 0.15) is 16.1 Å². The SMILES string of the molecule is Cc1cc2c(ccn2-c2ccccn2)nc1C(N)=O. The van der Waals surface area contributed by atoms with E-state index >= 15 is 0 Å². The summed E-state index contributed by atoms with van der Waals surface area (Å²) in [6, 6.07) is 9.44. The molecule has 5 heteroatoms. The Morgan fingerprint density at radius 1 is 1.32 bits per heavy atom. The molecule has 3 aromatic rings.